The highest BCUT2D eigenvalue weighted by atomic mass is 15.2. The fourth-order valence-electron chi connectivity index (χ4n) is 2.06. The van der Waals surface area contributed by atoms with Gasteiger partial charge in [0.15, 0.2) is 0 Å². The van der Waals surface area contributed by atoms with Gasteiger partial charge in [-0.2, -0.15) is 0 Å². The molecule has 0 unspecified atom stereocenters. The molecule has 1 aliphatic heterocycles. The van der Waals surface area contributed by atoms with Crippen molar-refractivity contribution in [3.8, 4) is 0 Å². The molecule has 1 aliphatic rings. The molecule has 1 fully saturated rings. The van der Waals surface area contributed by atoms with Crippen molar-refractivity contribution < 1.29 is 0 Å². The van der Waals surface area contributed by atoms with Crippen LogP contribution >= 0.6 is 0 Å². The van der Waals surface area contributed by atoms with Crippen LogP contribution in [0.15, 0.2) is 6.07 Å². The van der Waals surface area contributed by atoms with Gasteiger partial charge in [-0.25, -0.2) is 9.97 Å². The molecule has 0 saturated carbocycles. The number of aromatic nitrogens is 2. The van der Waals surface area contributed by atoms with Gasteiger partial charge in [-0.05, 0) is 19.8 Å². The van der Waals surface area contributed by atoms with E-state index in [1.165, 1.54) is 0 Å². The van der Waals surface area contributed by atoms with Gasteiger partial charge in [0, 0.05) is 37.3 Å². The summed E-state index contributed by atoms with van der Waals surface area (Å²) in [6.07, 6.45) is 3.01. The molecule has 0 aliphatic carbocycles. The zero-order valence-electron chi connectivity index (χ0n) is 10.1. The Labute approximate surface area is 96.9 Å². The van der Waals surface area contributed by atoms with Crippen LogP contribution in [0.3, 0.4) is 0 Å². The molecule has 0 radical (unpaired) electrons. The largest absolute Gasteiger partial charge is 0.356 e. The molecule has 2 heterocycles. The molecule has 1 aromatic heterocycles. The third kappa shape index (κ3) is 2.50. The van der Waals surface area contributed by atoms with E-state index in [2.05, 4.69) is 27.9 Å². The predicted molar refractivity (Wildman–Crippen MR) is 65.6 cm³/mol. The molecular weight excluding hydrogens is 200 g/mol. The number of rotatable bonds is 2. The van der Waals surface area contributed by atoms with Gasteiger partial charge in [0.05, 0.1) is 0 Å². The molecule has 4 nitrogen and oxygen atoms in total. The van der Waals surface area contributed by atoms with E-state index in [0.717, 1.165) is 49.7 Å². The molecule has 0 spiro atoms. The van der Waals surface area contributed by atoms with Crippen LogP contribution in [0.1, 0.15) is 31.3 Å². The maximum Gasteiger partial charge on any atom is 0.132 e. The lowest BCUT2D eigenvalue weighted by atomic mass is 10.1. The third-order valence-electron chi connectivity index (χ3n) is 3.07. The van der Waals surface area contributed by atoms with Gasteiger partial charge in [-0.15, -0.1) is 0 Å². The highest BCUT2D eigenvalue weighted by Crippen LogP contribution is 2.18. The van der Waals surface area contributed by atoms with Crippen LogP contribution in [-0.2, 0) is 6.42 Å². The first-order valence-electron chi connectivity index (χ1n) is 6.04. The van der Waals surface area contributed by atoms with E-state index < -0.39 is 0 Å². The second-order valence-electron chi connectivity index (χ2n) is 4.46. The zero-order valence-corrected chi connectivity index (χ0v) is 10.1. The number of hydrogen-bond acceptors (Lipinski definition) is 4. The summed E-state index contributed by atoms with van der Waals surface area (Å²) in [5.74, 6) is 2.00. The summed E-state index contributed by atoms with van der Waals surface area (Å²) >= 11 is 0. The van der Waals surface area contributed by atoms with E-state index in [4.69, 9.17) is 5.73 Å². The second-order valence-corrected chi connectivity index (χ2v) is 4.46. The number of aryl methyl sites for hydroxylation is 2. The number of hydrogen-bond donors (Lipinski definition) is 1. The number of piperidine rings is 1. The maximum atomic E-state index is 5.90. The van der Waals surface area contributed by atoms with Gasteiger partial charge in [0.2, 0.25) is 0 Å². The average Bonchev–Trinajstić information content (AvgIpc) is 2.29. The zero-order chi connectivity index (χ0) is 11.5. The third-order valence-corrected chi connectivity index (χ3v) is 3.07. The van der Waals surface area contributed by atoms with Crippen LogP contribution < -0.4 is 10.6 Å². The molecule has 2 N–H and O–H groups in total. The molecule has 88 valence electrons. The van der Waals surface area contributed by atoms with Crippen molar-refractivity contribution in [2.24, 2.45) is 5.73 Å². The van der Waals surface area contributed by atoms with E-state index in [1.54, 1.807) is 0 Å². The average molecular weight is 220 g/mol. The lowest BCUT2D eigenvalue weighted by Gasteiger charge is -2.31. The van der Waals surface area contributed by atoms with Crippen LogP contribution in [0, 0.1) is 6.92 Å². The Balaban J connectivity index is 2.16. The lowest BCUT2D eigenvalue weighted by Crippen LogP contribution is -2.40. The molecule has 1 aromatic rings. The summed E-state index contributed by atoms with van der Waals surface area (Å²) in [5, 5.41) is 0. The topological polar surface area (TPSA) is 55.0 Å². The summed E-state index contributed by atoms with van der Waals surface area (Å²) in [6.45, 7) is 6.15. The van der Waals surface area contributed by atoms with E-state index in [-0.39, 0.29) is 0 Å². The summed E-state index contributed by atoms with van der Waals surface area (Å²) in [6, 6.07) is 2.43. The first-order chi connectivity index (χ1) is 7.69. The maximum absolute atomic E-state index is 5.90. The SMILES string of the molecule is CCc1nc(C)cc(N2CCC(N)CC2)n1. The van der Waals surface area contributed by atoms with E-state index in [1.807, 2.05) is 6.92 Å². The minimum absolute atomic E-state index is 0.366. The molecule has 1 saturated heterocycles. The van der Waals surface area contributed by atoms with Crippen LogP contribution in [0.4, 0.5) is 5.82 Å². The van der Waals surface area contributed by atoms with Crippen molar-refractivity contribution in [3.63, 3.8) is 0 Å². The fraction of sp³-hybridized carbons (Fsp3) is 0.667. The summed E-state index contributed by atoms with van der Waals surface area (Å²) in [4.78, 5) is 11.3. The Hall–Kier alpha value is -1.16. The second kappa shape index (κ2) is 4.78. The quantitative estimate of drug-likeness (QED) is 0.815. The number of nitrogens with two attached hydrogens (primary N) is 1. The molecule has 0 amide bonds. The van der Waals surface area contributed by atoms with Crippen LogP contribution in [0.5, 0.6) is 0 Å². The Morgan fingerprint density at radius 1 is 1.38 bits per heavy atom. The molecule has 16 heavy (non-hydrogen) atoms. The molecule has 4 heteroatoms. The summed E-state index contributed by atoms with van der Waals surface area (Å²) in [7, 11) is 0. The Bertz CT molecular complexity index is 356. The Kier molecular flexibility index (Phi) is 3.39. The smallest absolute Gasteiger partial charge is 0.132 e. The monoisotopic (exact) mass is 220 g/mol. The normalized spacial score (nSPS) is 17.8. The van der Waals surface area contributed by atoms with Gasteiger partial charge < -0.3 is 10.6 Å². The molecule has 0 bridgehead atoms. The van der Waals surface area contributed by atoms with Gasteiger partial charge in [-0.1, -0.05) is 6.92 Å². The van der Waals surface area contributed by atoms with Crippen molar-refractivity contribution in [2.75, 3.05) is 18.0 Å². The van der Waals surface area contributed by atoms with Crippen LogP contribution in [0.2, 0.25) is 0 Å². The van der Waals surface area contributed by atoms with E-state index >= 15 is 0 Å². The van der Waals surface area contributed by atoms with Crippen molar-refractivity contribution in [2.45, 2.75) is 39.2 Å². The Morgan fingerprint density at radius 2 is 2.06 bits per heavy atom. The van der Waals surface area contributed by atoms with Gasteiger partial charge in [0.1, 0.15) is 11.6 Å². The lowest BCUT2D eigenvalue weighted by molar-refractivity contribution is 0.498. The molecular formula is C12H20N4. The van der Waals surface area contributed by atoms with Crippen molar-refractivity contribution in [1.82, 2.24) is 9.97 Å². The highest BCUT2D eigenvalue weighted by molar-refractivity contribution is 5.40. The van der Waals surface area contributed by atoms with Crippen LogP contribution in [-0.4, -0.2) is 29.1 Å². The van der Waals surface area contributed by atoms with Crippen LogP contribution in [0.25, 0.3) is 0 Å². The summed E-state index contributed by atoms with van der Waals surface area (Å²) < 4.78 is 0. The molecule has 0 atom stereocenters. The predicted octanol–water partition coefficient (Wildman–Crippen LogP) is 1.27. The van der Waals surface area contributed by atoms with Crippen molar-refractivity contribution in [1.29, 1.82) is 0 Å². The van der Waals surface area contributed by atoms with Gasteiger partial charge >= 0.3 is 0 Å². The fourth-order valence-corrected chi connectivity index (χ4v) is 2.06. The molecule has 2 rings (SSSR count). The minimum Gasteiger partial charge on any atom is -0.356 e. The van der Waals surface area contributed by atoms with Crippen molar-refractivity contribution in [3.05, 3.63) is 17.6 Å². The standard InChI is InChI=1S/C12H20N4/c1-3-11-14-9(2)8-12(15-11)16-6-4-10(13)5-7-16/h8,10H,3-7,13H2,1-2H3. The van der Waals surface area contributed by atoms with Crippen molar-refractivity contribution >= 4 is 5.82 Å². The number of nitrogens with zero attached hydrogens (tertiary/aromatic N) is 3. The first kappa shape index (κ1) is 11.3. The van der Waals surface area contributed by atoms with E-state index in [0.29, 0.717) is 6.04 Å². The van der Waals surface area contributed by atoms with Gasteiger partial charge in [0.25, 0.3) is 0 Å². The minimum atomic E-state index is 0.366. The molecule has 0 aromatic carbocycles. The Morgan fingerprint density at radius 3 is 2.69 bits per heavy atom. The summed E-state index contributed by atoms with van der Waals surface area (Å²) in [5.41, 5.74) is 6.95. The number of anilines is 1. The van der Waals surface area contributed by atoms with E-state index in [9.17, 15) is 0 Å². The van der Waals surface area contributed by atoms with Gasteiger partial charge in [-0.3, -0.25) is 0 Å². The highest BCUT2D eigenvalue weighted by Gasteiger charge is 2.17. The first-order valence-corrected chi connectivity index (χ1v) is 6.04.